The summed E-state index contributed by atoms with van der Waals surface area (Å²) in [7, 11) is 0. The summed E-state index contributed by atoms with van der Waals surface area (Å²) in [6.07, 6.45) is 8.41. The Bertz CT molecular complexity index is 1310. The molecule has 6 rings (SSSR count). The zero-order chi connectivity index (χ0) is 25.5. The highest BCUT2D eigenvalue weighted by Crippen LogP contribution is 2.33. The van der Waals surface area contributed by atoms with Gasteiger partial charge in [0.1, 0.15) is 6.54 Å². The number of hydrogen-bond donors (Lipinski definition) is 0. The van der Waals surface area contributed by atoms with E-state index in [-0.39, 0.29) is 30.6 Å². The molecule has 2 aromatic heterocycles. The first-order valence-electron chi connectivity index (χ1n) is 13.6. The van der Waals surface area contributed by atoms with Gasteiger partial charge in [-0.3, -0.25) is 19.3 Å². The van der Waals surface area contributed by atoms with Crippen LogP contribution in [0.3, 0.4) is 0 Å². The molecule has 2 saturated heterocycles. The number of fused-ring (bicyclic) bond motifs is 2. The Hall–Kier alpha value is -3.26. The Morgan fingerprint density at radius 3 is 2.59 bits per heavy atom. The predicted octanol–water partition coefficient (Wildman–Crippen LogP) is 3.58. The monoisotopic (exact) mass is 501 g/mol. The maximum Gasteiger partial charge on any atom is 0.274 e. The molecule has 8 heteroatoms. The second-order valence-corrected chi connectivity index (χ2v) is 10.9. The van der Waals surface area contributed by atoms with E-state index in [1.54, 1.807) is 0 Å². The van der Waals surface area contributed by atoms with Crippen molar-refractivity contribution in [3.63, 3.8) is 0 Å². The van der Waals surface area contributed by atoms with Crippen molar-refractivity contribution >= 4 is 22.6 Å². The second-order valence-electron chi connectivity index (χ2n) is 10.9. The van der Waals surface area contributed by atoms with Gasteiger partial charge >= 0.3 is 0 Å². The standard InChI is InChI=1S/C29H35N5O3/c1-19-16-33(17-20(2)37-19)29(36)28-25-7-4-8-26(25)34(31-28)18-27(35)32-13-10-21(11-14-32)23-6-3-5-22-15-30-12-9-24(22)23/h3,5-6,9,12,15,19-21H,4,7-8,10-11,13-14,16-18H2,1-2H3/t19-,20+. The number of benzene rings is 1. The minimum absolute atomic E-state index is 0.0119. The van der Waals surface area contributed by atoms with Crippen LogP contribution in [0.4, 0.5) is 0 Å². The highest BCUT2D eigenvalue weighted by molar-refractivity contribution is 5.94. The maximum absolute atomic E-state index is 13.4. The third-order valence-electron chi connectivity index (χ3n) is 8.20. The molecule has 0 unspecified atom stereocenters. The van der Waals surface area contributed by atoms with E-state index >= 15 is 0 Å². The summed E-state index contributed by atoms with van der Waals surface area (Å²) in [5.74, 6) is 0.495. The smallest absolute Gasteiger partial charge is 0.274 e. The average molecular weight is 502 g/mol. The SMILES string of the molecule is C[C@@H]1CN(C(=O)c2nn(CC(=O)N3CCC(c4cccc5cnccc45)CC3)c3c2CCC3)C[C@H](C)O1. The lowest BCUT2D eigenvalue weighted by atomic mass is 9.86. The highest BCUT2D eigenvalue weighted by atomic mass is 16.5. The van der Waals surface area contributed by atoms with Gasteiger partial charge in [-0.15, -0.1) is 0 Å². The van der Waals surface area contributed by atoms with Crippen molar-refractivity contribution in [3.8, 4) is 0 Å². The molecule has 37 heavy (non-hydrogen) atoms. The number of carbonyl (C=O) groups is 2. The van der Waals surface area contributed by atoms with Crippen molar-refractivity contribution in [3.05, 3.63) is 59.2 Å². The number of hydrogen-bond acceptors (Lipinski definition) is 5. The lowest BCUT2D eigenvalue weighted by molar-refractivity contribution is -0.133. The van der Waals surface area contributed by atoms with Gasteiger partial charge in [-0.2, -0.15) is 5.10 Å². The summed E-state index contributed by atoms with van der Waals surface area (Å²) in [5.41, 5.74) is 3.98. The summed E-state index contributed by atoms with van der Waals surface area (Å²) < 4.78 is 7.62. The maximum atomic E-state index is 13.4. The number of rotatable bonds is 4. The van der Waals surface area contributed by atoms with Gasteiger partial charge in [0, 0.05) is 55.2 Å². The minimum atomic E-state index is -0.0301. The Kier molecular flexibility index (Phi) is 6.44. The van der Waals surface area contributed by atoms with E-state index in [0.29, 0.717) is 24.7 Å². The van der Waals surface area contributed by atoms with E-state index in [2.05, 4.69) is 29.2 Å². The van der Waals surface area contributed by atoms with Gasteiger partial charge in [0.2, 0.25) is 5.91 Å². The van der Waals surface area contributed by atoms with Crippen LogP contribution in [0, 0.1) is 0 Å². The third kappa shape index (κ3) is 4.63. The topological polar surface area (TPSA) is 80.6 Å². The molecule has 2 aliphatic heterocycles. The van der Waals surface area contributed by atoms with Crippen LogP contribution in [-0.2, 0) is 28.9 Å². The molecule has 3 aliphatic rings. The van der Waals surface area contributed by atoms with E-state index in [0.717, 1.165) is 61.8 Å². The van der Waals surface area contributed by atoms with E-state index in [1.807, 2.05) is 40.7 Å². The molecule has 2 amide bonds. The molecule has 1 aliphatic carbocycles. The molecule has 4 heterocycles. The van der Waals surface area contributed by atoms with Crippen LogP contribution in [0.5, 0.6) is 0 Å². The van der Waals surface area contributed by atoms with Gasteiger partial charge in [-0.25, -0.2) is 0 Å². The Balaban J connectivity index is 1.14. The molecule has 2 atom stereocenters. The molecule has 194 valence electrons. The fourth-order valence-electron chi connectivity index (χ4n) is 6.48. The van der Waals surface area contributed by atoms with Crippen LogP contribution in [-0.4, -0.2) is 74.8 Å². The number of likely N-dealkylation sites (tertiary alicyclic amines) is 1. The Morgan fingerprint density at radius 1 is 1.03 bits per heavy atom. The second kappa shape index (κ2) is 9.89. The number of nitrogens with zero attached hydrogens (tertiary/aromatic N) is 5. The number of pyridine rings is 1. The first-order chi connectivity index (χ1) is 18.0. The van der Waals surface area contributed by atoms with E-state index < -0.39 is 0 Å². The molecule has 2 fully saturated rings. The number of amides is 2. The number of morpholine rings is 1. The van der Waals surface area contributed by atoms with E-state index in [4.69, 9.17) is 9.84 Å². The van der Waals surface area contributed by atoms with Crippen LogP contribution in [0.15, 0.2) is 36.7 Å². The molecule has 0 radical (unpaired) electrons. The van der Waals surface area contributed by atoms with Gasteiger partial charge in [0.15, 0.2) is 5.69 Å². The summed E-state index contributed by atoms with van der Waals surface area (Å²) in [5, 5.41) is 7.14. The van der Waals surface area contributed by atoms with Crippen molar-refractivity contribution in [2.24, 2.45) is 0 Å². The van der Waals surface area contributed by atoms with Crippen molar-refractivity contribution in [1.82, 2.24) is 24.6 Å². The van der Waals surface area contributed by atoms with Crippen LogP contribution in [0.25, 0.3) is 10.8 Å². The summed E-state index contributed by atoms with van der Waals surface area (Å²) >= 11 is 0. The molecule has 8 nitrogen and oxygen atoms in total. The lowest BCUT2D eigenvalue weighted by Gasteiger charge is -2.35. The largest absolute Gasteiger partial charge is 0.372 e. The number of ether oxygens (including phenoxy) is 1. The molecule has 1 aromatic carbocycles. The van der Waals surface area contributed by atoms with Gasteiger partial charge in [0.05, 0.1) is 12.2 Å². The number of aromatic nitrogens is 3. The fourth-order valence-corrected chi connectivity index (χ4v) is 6.48. The van der Waals surface area contributed by atoms with Crippen molar-refractivity contribution in [2.45, 2.75) is 70.6 Å². The lowest BCUT2D eigenvalue weighted by Crippen LogP contribution is -2.48. The molecular weight excluding hydrogens is 466 g/mol. The Labute approximate surface area is 217 Å². The highest BCUT2D eigenvalue weighted by Gasteiger charge is 2.33. The summed E-state index contributed by atoms with van der Waals surface area (Å²) in [6, 6.07) is 8.52. The van der Waals surface area contributed by atoms with Crippen LogP contribution in [0.2, 0.25) is 0 Å². The zero-order valence-corrected chi connectivity index (χ0v) is 21.7. The molecular formula is C29H35N5O3. The average Bonchev–Trinajstić information content (AvgIpc) is 3.51. The first kappa shape index (κ1) is 24.1. The van der Waals surface area contributed by atoms with E-state index in [9.17, 15) is 9.59 Å². The van der Waals surface area contributed by atoms with Gasteiger partial charge in [-0.05, 0) is 68.9 Å². The Morgan fingerprint density at radius 2 is 1.81 bits per heavy atom. The molecule has 0 N–H and O–H groups in total. The van der Waals surface area contributed by atoms with Gasteiger partial charge < -0.3 is 14.5 Å². The molecule has 3 aromatic rings. The van der Waals surface area contributed by atoms with E-state index in [1.165, 1.54) is 10.9 Å². The molecule has 0 bridgehead atoms. The van der Waals surface area contributed by atoms with Crippen molar-refractivity contribution in [2.75, 3.05) is 26.2 Å². The normalized spacial score (nSPS) is 22.4. The number of carbonyl (C=O) groups excluding carboxylic acids is 2. The van der Waals surface area contributed by atoms with Crippen LogP contribution >= 0.6 is 0 Å². The summed E-state index contributed by atoms with van der Waals surface area (Å²) in [6.45, 7) is 6.83. The van der Waals surface area contributed by atoms with Crippen molar-refractivity contribution < 1.29 is 14.3 Å². The van der Waals surface area contributed by atoms with Crippen LogP contribution in [0.1, 0.15) is 66.3 Å². The quantitative estimate of drug-likeness (QED) is 0.546. The summed E-state index contributed by atoms with van der Waals surface area (Å²) in [4.78, 5) is 34.8. The van der Waals surface area contributed by atoms with Gasteiger partial charge in [-0.1, -0.05) is 18.2 Å². The minimum Gasteiger partial charge on any atom is -0.372 e. The zero-order valence-electron chi connectivity index (χ0n) is 21.7. The predicted molar refractivity (Wildman–Crippen MR) is 140 cm³/mol. The van der Waals surface area contributed by atoms with Gasteiger partial charge in [0.25, 0.3) is 5.91 Å². The van der Waals surface area contributed by atoms with Crippen LogP contribution < -0.4 is 0 Å². The number of piperidine rings is 1. The first-order valence-corrected chi connectivity index (χ1v) is 13.6. The van der Waals surface area contributed by atoms with Crippen molar-refractivity contribution in [1.29, 1.82) is 0 Å². The fraction of sp³-hybridized carbons (Fsp3) is 0.517. The molecule has 0 saturated carbocycles. The third-order valence-corrected chi connectivity index (χ3v) is 8.20. The molecule has 0 spiro atoms.